The molecule has 2 heteroatoms. The maximum Gasteiger partial charge on any atom is 0.122 e. The Labute approximate surface area is 98.8 Å². The van der Waals surface area contributed by atoms with E-state index in [1.807, 2.05) is 0 Å². The first-order valence-corrected chi connectivity index (χ1v) is 6.13. The fourth-order valence-corrected chi connectivity index (χ4v) is 1.66. The zero-order valence-corrected chi connectivity index (χ0v) is 10.6. The monoisotopic (exact) mass is 221 g/mol. The third-order valence-corrected chi connectivity index (χ3v) is 3.12. The maximum absolute atomic E-state index is 5.87. The molecular weight excluding hydrogens is 198 g/mol. The van der Waals surface area contributed by atoms with Crippen LogP contribution in [0.15, 0.2) is 18.2 Å². The van der Waals surface area contributed by atoms with E-state index >= 15 is 0 Å². The minimum atomic E-state index is 0.571. The molecule has 2 N–H and O–H groups in total. The maximum atomic E-state index is 5.87. The molecule has 0 radical (unpaired) electrons. The minimum Gasteiger partial charge on any atom is -0.493 e. The quantitative estimate of drug-likeness (QED) is 0.800. The molecule has 0 aliphatic heterocycles. The Morgan fingerprint density at radius 3 is 2.50 bits per heavy atom. The second kappa shape index (κ2) is 6.54. The molecule has 1 aromatic rings. The summed E-state index contributed by atoms with van der Waals surface area (Å²) < 4.78 is 5.87. The van der Waals surface area contributed by atoms with Gasteiger partial charge < -0.3 is 10.5 Å². The Bertz CT molecular complexity index is 319. The summed E-state index contributed by atoms with van der Waals surface area (Å²) in [6.07, 6.45) is 2.35. The summed E-state index contributed by atoms with van der Waals surface area (Å²) in [7, 11) is 0. The van der Waals surface area contributed by atoms with E-state index < -0.39 is 0 Å². The average Bonchev–Trinajstić information content (AvgIpc) is 2.32. The van der Waals surface area contributed by atoms with Crippen LogP contribution in [0, 0.1) is 12.8 Å². The Morgan fingerprint density at radius 2 is 1.94 bits per heavy atom. The summed E-state index contributed by atoms with van der Waals surface area (Å²) in [5, 5.41) is 0. The van der Waals surface area contributed by atoms with Gasteiger partial charge in [-0.1, -0.05) is 38.8 Å². The van der Waals surface area contributed by atoms with E-state index in [0.29, 0.717) is 12.5 Å². The molecular formula is C14H23NO. The smallest absolute Gasteiger partial charge is 0.122 e. The number of aryl methyl sites for hydroxylation is 1. The lowest BCUT2D eigenvalue weighted by Gasteiger charge is -2.15. The van der Waals surface area contributed by atoms with E-state index in [9.17, 15) is 0 Å². The molecule has 16 heavy (non-hydrogen) atoms. The molecule has 0 unspecified atom stereocenters. The van der Waals surface area contributed by atoms with E-state index in [1.54, 1.807) is 0 Å². The molecule has 0 aliphatic carbocycles. The Kier molecular flexibility index (Phi) is 5.33. The van der Waals surface area contributed by atoms with Crippen molar-refractivity contribution in [2.24, 2.45) is 11.7 Å². The van der Waals surface area contributed by atoms with E-state index in [0.717, 1.165) is 17.9 Å². The molecule has 1 rings (SSSR count). The fraction of sp³-hybridized carbons (Fsp3) is 0.571. The van der Waals surface area contributed by atoms with Crippen LogP contribution in [0.3, 0.4) is 0 Å². The Morgan fingerprint density at radius 1 is 1.25 bits per heavy atom. The number of hydrogen-bond donors (Lipinski definition) is 1. The molecule has 0 spiro atoms. The first-order chi connectivity index (χ1) is 7.71. The highest BCUT2D eigenvalue weighted by atomic mass is 16.5. The van der Waals surface area contributed by atoms with Crippen LogP contribution in [0.25, 0.3) is 0 Å². The molecule has 0 heterocycles. The van der Waals surface area contributed by atoms with Gasteiger partial charge in [0, 0.05) is 6.54 Å². The first kappa shape index (κ1) is 13.0. The number of hydrogen-bond acceptors (Lipinski definition) is 2. The third-order valence-electron chi connectivity index (χ3n) is 3.12. The van der Waals surface area contributed by atoms with E-state index in [2.05, 4.69) is 39.0 Å². The molecule has 0 fully saturated rings. The zero-order valence-electron chi connectivity index (χ0n) is 10.6. The molecule has 0 aliphatic rings. The van der Waals surface area contributed by atoms with Crippen LogP contribution in [-0.4, -0.2) is 6.61 Å². The predicted octanol–water partition coefficient (Wildman–Crippen LogP) is 3.27. The lowest BCUT2D eigenvalue weighted by molar-refractivity contribution is 0.239. The molecule has 0 atom stereocenters. The van der Waals surface area contributed by atoms with Gasteiger partial charge in [0.25, 0.3) is 0 Å². The Balaban J connectivity index is 2.65. The number of benzene rings is 1. The van der Waals surface area contributed by atoms with Gasteiger partial charge in [-0.15, -0.1) is 0 Å². The summed E-state index contributed by atoms with van der Waals surface area (Å²) in [5.41, 5.74) is 7.93. The van der Waals surface area contributed by atoms with Crippen molar-refractivity contribution in [2.75, 3.05) is 6.61 Å². The summed E-state index contributed by atoms with van der Waals surface area (Å²) in [6, 6.07) is 6.18. The molecule has 0 bridgehead atoms. The summed E-state index contributed by atoms with van der Waals surface area (Å²) >= 11 is 0. The van der Waals surface area contributed by atoms with Crippen molar-refractivity contribution in [3.8, 4) is 5.75 Å². The molecule has 1 aromatic carbocycles. The van der Waals surface area contributed by atoms with Crippen molar-refractivity contribution in [1.29, 1.82) is 0 Å². The standard InChI is InChI=1S/C14H23NO/c1-4-12(5-2)10-16-14-8-13(9-15)7-6-11(14)3/h6-8,12H,4-5,9-10,15H2,1-3H3. The average molecular weight is 221 g/mol. The first-order valence-electron chi connectivity index (χ1n) is 6.13. The molecule has 0 aromatic heterocycles. The number of nitrogens with two attached hydrogens (primary N) is 1. The van der Waals surface area contributed by atoms with Gasteiger partial charge in [0.1, 0.15) is 5.75 Å². The minimum absolute atomic E-state index is 0.571. The SMILES string of the molecule is CCC(CC)COc1cc(CN)ccc1C. The van der Waals surface area contributed by atoms with Crippen molar-refractivity contribution in [2.45, 2.75) is 40.2 Å². The summed E-state index contributed by atoms with van der Waals surface area (Å²) in [4.78, 5) is 0. The number of ether oxygens (including phenoxy) is 1. The highest BCUT2D eigenvalue weighted by molar-refractivity contribution is 5.36. The van der Waals surface area contributed by atoms with Gasteiger partial charge in [-0.25, -0.2) is 0 Å². The van der Waals surface area contributed by atoms with Gasteiger partial charge in [-0.2, -0.15) is 0 Å². The molecule has 0 saturated heterocycles. The zero-order chi connectivity index (χ0) is 12.0. The van der Waals surface area contributed by atoms with Crippen LogP contribution in [0.2, 0.25) is 0 Å². The lowest BCUT2D eigenvalue weighted by atomic mass is 10.1. The van der Waals surface area contributed by atoms with E-state index in [-0.39, 0.29) is 0 Å². The van der Waals surface area contributed by atoms with E-state index in [4.69, 9.17) is 10.5 Å². The van der Waals surface area contributed by atoms with Gasteiger partial charge in [-0.05, 0) is 30.0 Å². The molecule has 2 nitrogen and oxygen atoms in total. The third kappa shape index (κ3) is 3.53. The number of rotatable bonds is 6. The van der Waals surface area contributed by atoms with E-state index in [1.165, 1.54) is 18.4 Å². The van der Waals surface area contributed by atoms with Crippen molar-refractivity contribution in [3.63, 3.8) is 0 Å². The van der Waals surface area contributed by atoms with Gasteiger partial charge in [0.05, 0.1) is 6.61 Å². The second-order valence-electron chi connectivity index (χ2n) is 4.30. The van der Waals surface area contributed by atoms with Crippen LogP contribution in [0.1, 0.15) is 37.8 Å². The molecule has 0 amide bonds. The largest absolute Gasteiger partial charge is 0.493 e. The summed E-state index contributed by atoms with van der Waals surface area (Å²) in [6.45, 7) is 7.87. The van der Waals surface area contributed by atoms with Crippen molar-refractivity contribution in [1.82, 2.24) is 0 Å². The van der Waals surface area contributed by atoms with Crippen LogP contribution in [-0.2, 0) is 6.54 Å². The van der Waals surface area contributed by atoms with Gasteiger partial charge >= 0.3 is 0 Å². The highest BCUT2D eigenvalue weighted by Gasteiger charge is 2.06. The van der Waals surface area contributed by atoms with Crippen molar-refractivity contribution >= 4 is 0 Å². The Hall–Kier alpha value is -1.02. The van der Waals surface area contributed by atoms with Crippen LogP contribution in [0.5, 0.6) is 5.75 Å². The van der Waals surface area contributed by atoms with Crippen molar-refractivity contribution in [3.05, 3.63) is 29.3 Å². The van der Waals surface area contributed by atoms with Crippen LogP contribution < -0.4 is 10.5 Å². The van der Waals surface area contributed by atoms with Crippen LogP contribution >= 0.6 is 0 Å². The normalized spacial score (nSPS) is 10.8. The fourth-order valence-electron chi connectivity index (χ4n) is 1.66. The lowest BCUT2D eigenvalue weighted by Crippen LogP contribution is -2.11. The topological polar surface area (TPSA) is 35.2 Å². The van der Waals surface area contributed by atoms with Gasteiger partial charge in [-0.3, -0.25) is 0 Å². The van der Waals surface area contributed by atoms with Gasteiger partial charge in [0.2, 0.25) is 0 Å². The second-order valence-corrected chi connectivity index (χ2v) is 4.30. The summed E-state index contributed by atoms with van der Waals surface area (Å²) in [5.74, 6) is 1.63. The van der Waals surface area contributed by atoms with Crippen molar-refractivity contribution < 1.29 is 4.74 Å². The predicted molar refractivity (Wildman–Crippen MR) is 68.6 cm³/mol. The van der Waals surface area contributed by atoms with Crippen LogP contribution in [0.4, 0.5) is 0 Å². The molecule has 0 saturated carbocycles. The molecule has 90 valence electrons. The van der Waals surface area contributed by atoms with Gasteiger partial charge in [0.15, 0.2) is 0 Å². The highest BCUT2D eigenvalue weighted by Crippen LogP contribution is 2.21.